The molecule has 5 N–H and O–H groups in total. The minimum absolute atomic E-state index is 0.0657. The zero-order valence-corrected chi connectivity index (χ0v) is 24.4. The minimum Gasteiger partial charge on any atom is -0.363 e. The molecular formula is C27H41Cl2N5O5. The maximum absolute atomic E-state index is 13.9. The zero-order valence-electron chi connectivity index (χ0n) is 22.9. The number of rotatable bonds is 9. The Balaban J connectivity index is 1.50. The van der Waals surface area contributed by atoms with Gasteiger partial charge in [-0.15, -0.1) is 23.2 Å². The molecule has 0 spiro atoms. The van der Waals surface area contributed by atoms with Crippen molar-refractivity contribution >= 4 is 52.7 Å². The lowest BCUT2D eigenvalue weighted by molar-refractivity contribution is -0.144. The van der Waals surface area contributed by atoms with Crippen LogP contribution in [0.3, 0.4) is 0 Å². The smallest absolute Gasteiger partial charge is 0.315 e. The van der Waals surface area contributed by atoms with Gasteiger partial charge in [-0.2, -0.15) is 0 Å². The second kappa shape index (κ2) is 11.4. The molecule has 0 aromatic carbocycles. The van der Waals surface area contributed by atoms with E-state index in [9.17, 15) is 24.0 Å². The topological polar surface area (TPSA) is 151 Å². The first-order valence-corrected chi connectivity index (χ1v) is 14.9. The lowest BCUT2D eigenvalue weighted by atomic mass is 9.80. The molecule has 3 saturated carbocycles. The number of carbonyl (C=O) groups excluding carboxylic acids is 5. The second-order valence-electron chi connectivity index (χ2n) is 12.8. The molecule has 5 atom stereocenters. The first kappa shape index (κ1) is 29.9. The number of hydrogen-bond donors (Lipinski definition) is 4. The highest BCUT2D eigenvalue weighted by Crippen LogP contribution is 2.65. The van der Waals surface area contributed by atoms with Gasteiger partial charge >= 0.3 is 6.03 Å². The molecule has 0 aromatic heterocycles. The number of Topliss-reactive ketones (excluding diaryl/α,β-unsaturated/α-hetero) is 1. The highest BCUT2D eigenvalue weighted by molar-refractivity contribution is 6.51. The van der Waals surface area contributed by atoms with Crippen molar-refractivity contribution in [3.05, 3.63) is 0 Å². The molecule has 3 aliphatic carbocycles. The Morgan fingerprint density at radius 3 is 2.15 bits per heavy atom. The number of halogens is 2. The Labute approximate surface area is 239 Å². The van der Waals surface area contributed by atoms with Crippen molar-refractivity contribution in [1.82, 2.24) is 20.9 Å². The molecule has 0 aromatic rings. The molecule has 1 saturated heterocycles. The third kappa shape index (κ3) is 6.47. The van der Waals surface area contributed by atoms with Crippen molar-refractivity contribution in [2.45, 2.75) is 107 Å². The minimum atomic E-state index is -1.18. The molecule has 5 amide bonds. The van der Waals surface area contributed by atoms with E-state index in [0.717, 1.165) is 51.4 Å². The van der Waals surface area contributed by atoms with Gasteiger partial charge in [0.2, 0.25) is 17.6 Å². The predicted molar refractivity (Wildman–Crippen MR) is 147 cm³/mol. The number of urea groups is 1. The van der Waals surface area contributed by atoms with Crippen molar-refractivity contribution in [1.29, 1.82) is 0 Å². The van der Waals surface area contributed by atoms with Gasteiger partial charge in [0.15, 0.2) is 0 Å². The van der Waals surface area contributed by atoms with Gasteiger partial charge in [-0.1, -0.05) is 59.3 Å². The van der Waals surface area contributed by atoms with E-state index in [1.54, 1.807) is 0 Å². The Morgan fingerprint density at radius 1 is 0.974 bits per heavy atom. The maximum atomic E-state index is 13.9. The normalized spacial score (nSPS) is 27.9. The quantitative estimate of drug-likeness (QED) is 0.242. The number of nitrogens with one attached hydrogen (secondary N) is 3. The van der Waals surface area contributed by atoms with Crippen molar-refractivity contribution in [3.63, 3.8) is 0 Å². The summed E-state index contributed by atoms with van der Waals surface area (Å²) in [5.41, 5.74) is 4.60. The number of ketones is 1. The van der Waals surface area contributed by atoms with Crippen LogP contribution in [-0.4, -0.2) is 69.5 Å². The van der Waals surface area contributed by atoms with Crippen molar-refractivity contribution in [2.75, 3.05) is 6.54 Å². The Hall–Kier alpha value is -2.07. The standard InChI is InChI=1S/C27H41Cl2N5O5/c1-26(2,3)21(33-25(39)31-15-10-5-4-6-11-15)24(38)34-13-16-18(27(16,28)29)19(34)23(37)32-17(20(35)22(30)36)12-14-8-7-9-14/h14-19,21H,4-13H2,1-3H3,(H2,30,36)(H,32,37)(H2,31,33,39)/t16-,17?,18-,19-,21+/m0/s1. The summed E-state index contributed by atoms with van der Waals surface area (Å²) >= 11 is 12.9. The maximum Gasteiger partial charge on any atom is 0.315 e. The van der Waals surface area contributed by atoms with Gasteiger partial charge in [-0.3, -0.25) is 19.2 Å². The van der Waals surface area contributed by atoms with Gasteiger partial charge in [0.05, 0.1) is 6.04 Å². The fraction of sp³-hybridized carbons (Fsp3) is 0.815. The Morgan fingerprint density at radius 2 is 1.62 bits per heavy atom. The fourth-order valence-corrected chi connectivity index (χ4v) is 7.10. The summed E-state index contributed by atoms with van der Waals surface area (Å²) in [6.07, 6.45) is 8.22. The molecule has 1 unspecified atom stereocenters. The summed E-state index contributed by atoms with van der Waals surface area (Å²) in [5, 5.41) is 8.53. The van der Waals surface area contributed by atoms with Crippen molar-refractivity contribution < 1.29 is 24.0 Å². The van der Waals surface area contributed by atoms with Gasteiger partial charge in [0, 0.05) is 24.4 Å². The molecule has 12 heteroatoms. The highest BCUT2D eigenvalue weighted by Gasteiger charge is 2.74. The molecule has 39 heavy (non-hydrogen) atoms. The molecule has 1 heterocycles. The van der Waals surface area contributed by atoms with Crippen LogP contribution in [0.1, 0.15) is 78.6 Å². The van der Waals surface area contributed by atoms with Crippen molar-refractivity contribution in [3.8, 4) is 0 Å². The number of alkyl halides is 2. The average molecular weight is 587 g/mol. The number of nitrogens with zero attached hydrogens (tertiary/aromatic N) is 1. The molecule has 1 aliphatic heterocycles. The Kier molecular flexibility index (Phi) is 8.76. The second-order valence-corrected chi connectivity index (χ2v) is 14.3. The number of hydrogen-bond acceptors (Lipinski definition) is 5. The number of likely N-dealkylation sites (tertiary alicyclic amines) is 1. The Bertz CT molecular complexity index is 1010. The number of nitrogens with two attached hydrogens (primary N) is 1. The van der Waals surface area contributed by atoms with E-state index in [1.807, 2.05) is 20.8 Å². The summed E-state index contributed by atoms with van der Waals surface area (Å²) in [7, 11) is 0. The summed E-state index contributed by atoms with van der Waals surface area (Å²) in [5.74, 6) is -3.65. The first-order chi connectivity index (χ1) is 18.2. The van der Waals surface area contributed by atoms with E-state index in [2.05, 4.69) is 16.0 Å². The number of amides is 5. The van der Waals surface area contributed by atoms with Crippen LogP contribution in [-0.2, 0) is 19.2 Å². The van der Waals surface area contributed by atoms with Crippen LogP contribution in [0.2, 0.25) is 0 Å². The lowest BCUT2D eigenvalue weighted by Gasteiger charge is -2.38. The molecule has 10 nitrogen and oxygen atoms in total. The van der Waals surface area contributed by atoms with Crippen LogP contribution in [0.25, 0.3) is 0 Å². The molecular weight excluding hydrogens is 545 g/mol. The highest BCUT2D eigenvalue weighted by atomic mass is 35.5. The fourth-order valence-electron chi connectivity index (χ4n) is 6.28. The third-order valence-electron chi connectivity index (χ3n) is 8.88. The number of fused-ring (bicyclic) bond motifs is 1. The molecule has 0 radical (unpaired) electrons. The monoisotopic (exact) mass is 585 g/mol. The molecule has 4 aliphatic rings. The summed E-state index contributed by atoms with van der Waals surface area (Å²) < 4.78 is -1.18. The SMILES string of the molecule is CC(C)(C)[C@H](NC(=O)NC1CCCCC1)C(=O)N1C[C@H]2[C@@H]([C@H]1C(=O)NC(CC1CCC1)C(=O)C(N)=O)C2(Cl)Cl. The third-order valence-corrected chi connectivity index (χ3v) is 9.95. The molecule has 0 bridgehead atoms. The summed E-state index contributed by atoms with van der Waals surface area (Å²) in [4.78, 5) is 66.2. The number of primary amides is 1. The van der Waals surface area contributed by atoms with Crippen LogP contribution in [0.4, 0.5) is 4.79 Å². The van der Waals surface area contributed by atoms with Gasteiger partial charge in [0.1, 0.15) is 16.4 Å². The largest absolute Gasteiger partial charge is 0.363 e. The number of carbonyl (C=O) groups is 5. The van der Waals surface area contributed by atoms with Crippen LogP contribution >= 0.6 is 23.2 Å². The van der Waals surface area contributed by atoms with Crippen LogP contribution in [0.5, 0.6) is 0 Å². The van der Waals surface area contributed by atoms with Crippen molar-refractivity contribution in [2.24, 2.45) is 28.9 Å². The summed E-state index contributed by atoms with van der Waals surface area (Å²) in [6.45, 7) is 5.67. The predicted octanol–water partition coefficient (Wildman–Crippen LogP) is 2.39. The van der Waals surface area contributed by atoms with E-state index in [4.69, 9.17) is 28.9 Å². The van der Waals surface area contributed by atoms with Crippen LogP contribution in [0, 0.1) is 23.2 Å². The van der Waals surface area contributed by atoms with E-state index in [0.29, 0.717) is 6.42 Å². The van der Waals surface area contributed by atoms with E-state index in [-0.39, 0.29) is 24.4 Å². The molecule has 4 rings (SSSR count). The van der Waals surface area contributed by atoms with E-state index < -0.39 is 63.3 Å². The lowest BCUT2D eigenvalue weighted by Crippen LogP contribution is -2.62. The molecule has 4 fully saturated rings. The molecule has 218 valence electrons. The summed E-state index contributed by atoms with van der Waals surface area (Å²) in [6, 6.07) is -3.40. The number of piperidine rings is 1. The van der Waals surface area contributed by atoms with Gasteiger partial charge in [0.25, 0.3) is 5.91 Å². The van der Waals surface area contributed by atoms with Gasteiger partial charge in [-0.25, -0.2) is 4.79 Å². The first-order valence-electron chi connectivity index (χ1n) is 14.1. The van der Waals surface area contributed by atoms with Crippen LogP contribution < -0.4 is 21.7 Å². The van der Waals surface area contributed by atoms with E-state index in [1.165, 1.54) is 4.90 Å². The van der Waals surface area contributed by atoms with E-state index >= 15 is 0 Å². The van der Waals surface area contributed by atoms with Gasteiger partial charge in [-0.05, 0) is 30.6 Å². The van der Waals surface area contributed by atoms with Gasteiger partial charge < -0.3 is 26.6 Å². The average Bonchev–Trinajstić information content (AvgIpc) is 3.15. The van der Waals surface area contributed by atoms with Crippen LogP contribution in [0.15, 0.2) is 0 Å². The zero-order chi connectivity index (χ0) is 28.7.